The minimum atomic E-state index is -0.347. The third-order valence-corrected chi connectivity index (χ3v) is 4.40. The monoisotopic (exact) mass is 373 g/mol. The third-order valence-electron chi connectivity index (χ3n) is 4.40. The van der Waals surface area contributed by atoms with Gasteiger partial charge < -0.3 is 26.0 Å². The van der Waals surface area contributed by atoms with Crippen molar-refractivity contribution >= 4 is 28.6 Å². The Morgan fingerprint density at radius 2 is 2.11 bits per heavy atom. The number of hydrogen-bond acceptors (Lipinski definition) is 7. The Morgan fingerprint density at radius 3 is 2.81 bits per heavy atom. The van der Waals surface area contributed by atoms with Gasteiger partial charge in [0.15, 0.2) is 17.0 Å². The van der Waals surface area contributed by atoms with Gasteiger partial charge in [0.05, 0.1) is 19.0 Å². The first-order chi connectivity index (χ1) is 13.0. The SMILES string of the molecule is CCC(CO)Nc1nc(NCc2cc(F)ccc2N)c2ncn(CC)c2n1. The van der Waals surface area contributed by atoms with Gasteiger partial charge >= 0.3 is 0 Å². The molecule has 1 atom stereocenters. The van der Waals surface area contributed by atoms with Gasteiger partial charge in [0.2, 0.25) is 5.95 Å². The number of fused-ring (bicyclic) bond motifs is 1. The topological polar surface area (TPSA) is 114 Å². The Bertz CT molecular complexity index is 923. The molecule has 3 aromatic rings. The fraction of sp³-hybridized carbons (Fsp3) is 0.389. The number of hydrogen-bond donors (Lipinski definition) is 4. The fourth-order valence-corrected chi connectivity index (χ4v) is 2.73. The van der Waals surface area contributed by atoms with Gasteiger partial charge in [-0.2, -0.15) is 9.97 Å². The van der Waals surface area contributed by atoms with Crippen LogP contribution in [0.4, 0.5) is 21.8 Å². The number of rotatable bonds is 8. The van der Waals surface area contributed by atoms with E-state index in [1.807, 2.05) is 18.4 Å². The van der Waals surface area contributed by atoms with Gasteiger partial charge in [-0.15, -0.1) is 0 Å². The highest BCUT2D eigenvalue weighted by molar-refractivity contribution is 5.84. The second kappa shape index (κ2) is 8.17. The van der Waals surface area contributed by atoms with E-state index in [1.165, 1.54) is 18.2 Å². The number of imidazole rings is 1. The second-order valence-corrected chi connectivity index (χ2v) is 6.23. The maximum absolute atomic E-state index is 13.5. The van der Waals surface area contributed by atoms with E-state index < -0.39 is 0 Å². The number of nitrogens with zero attached hydrogens (tertiary/aromatic N) is 4. The molecule has 0 spiro atoms. The van der Waals surface area contributed by atoms with Crippen molar-refractivity contribution in [3.8, 4) is 0 Å². The van der Waals surface area contributed by atoms with E-state index in [1.54, 1.807) is 6.33 Å². The van der Waals surface area contributed by atoms with Gasteiger partial charge in [-0.3, -0.25) is 0 Å². The number of nitrogen functional groups attached to an aromatic ring is 1. The van der Waals surface area contributed by atoms with Gasteiger partial charge in [-0.05, 0) is 37.1 Å². The third kappa shape index (κ3) is 4.08. The molecule has 2 heterocycles. The lowest BCUT2D eigenvalue weighted by atomic mass is 10.2. The Hall–Kier alpha value is -2.94. The van der Waals surface area contributed by atoms with Crippen LogP contribution < -0.4 is 16.4 Å². The quantitative estimate of drug-likeness (QED) is 0.448. The largest absolute Gasteiger partial charge is 0.398 e. The van der Waals surface area contributed by atoms with Crippen molar-refractivity contribution in [2.24, 2.45) is 0 Å². The van der Waals surface area contributed by atoms with Gasteiger partial charge in [-0.25, -0.2) is 9.37 Å². The summed E-state index contributed by atoms with van der Waals surface area (Å²) < 4.78 is 15.4. The first-order valence-electron chi connectivity index (χ1n) is 8.93. The van der Waals surface area contributed by atoms with Crippen molar-refractivity contribution in [2.75, 3.05) is 23.0 Å². The summed E-state index contributed by atoms with van der Waals surface area (Å²) in [5.74, 6) is 0.569. The molecule has 0 fully saturated rings. The standard InChI is InChI=1S/C18H24FN7O/c1-3-13(9-27)23-18-24-16(15-17(25-18)26(4-2)10-22-15)21-8-11-7-12(19)5-6-14(11)20/h5-7,10,13,27H,3-4,8-9,20H2,1-2H3,(H2,21,23,24,25). The van der Waals surface area contributed by atoms with Gasteiger partial charge in [0, 0.05) is 18.8 Å². The molecule has 0 saturated carbocycles. The number of aryl methyl sites for hydroxylation is 1. The van der Waals surface area contributed by atoms with Crippen LogP contribution in [0.2, 0.25) is 0 Å². The lowest BCUT2D eigenvalue weighted by molar-refractivity contribution is 0.271. The summed E-state index contributed by atoms with van der Waals surface area (Å²) in [4.78, 5) is 13.4. The van der Waals surface area contributed by atoms with Crippen LogP contribution in [0.25, 0.3) is 11.2 Å². The zero-order valence-corrected chi connectivity index (χ0v) is 15.4. The molecule has 144 valence electrons. The average Bonchev–Trinajstić information content (AvgIpc) is 3.09. The van der Waals surface area contributed by atoms with E-state index in [0.717, 1.165) is 6.42 Å². The molecule has 27 heavy (non-hydrogen) atoms. The summed E-state index contributed by atoms with van der Waals surface area (Å²) >= 11 is 0. The molecule has 0 aliphatic rings. The zero-order valence-electron chi connectivity index (χ0n) is 15.4. The molecule has 1 unspecified atom stereocenters. The summed E-state index contributed by atoms with van der Waals surface area (Å²) in [5, 5.41) is 15.8. The molecular weight excluding hydrogens is 349 g/mol. The smallest absolute Gasteiger partial charge is 0.227 e. The molecule has 0 aliphatic carbocycles. The van der Waals surface area contributed by atoms with Gasteiger partial charge in [0.25, 0.3) is 0 Å². The molecular formula is C18H24FN7O. The van der Waals surface area contributed by atoms with Crippen molar-refractivity contribution in [3.05, 3.63) is 35.9 Å². The normalized spacial score (nSPS) is 12.3. The Balaban J connectivity index is 1.94. The minimum absolute atomic E-state index is 0.0203. The van der Waals surface area contributed by atoms with E-state index in [2.05, 4.69) is 25.6 Å². The summed E-state index contributed by atoms with van der Waals surface area (Å²) in [7, 11) is 0. The number of aliphatic hydroxyl groups is 1. The van der Waals surface area contributed by atoms with Crippen LogP contribution in [-0.2, 0) is 13.1 Å². The Kier molecular flexibility index (Phi) is 5.70. The first kappa shape index (κ1) is 18.8. The summed E-state index contributed by atoms with van der Waals surface area (Å²) in [6.45, 7) is 4.95. The molecule has 0 amide bonds. The van der Waals surface area contributed by atoms with Crippen molar-refractivity contribution in [1.29, 1.82) is 0 Å². The van der Waals surface area contributed by atoms with E-state index in [9.17, 15) is 9.50 Å². The molecule has 0 radical (unpaired) electrons. The molecule has 9 heteroatoms. The molecule has 1 aromatic carbocycles. The fourth-order valence-electron chi connectivity index (χ4n) is 2.73. The van der Waals surface area contributed by atoms with Crippen LogP contribution >= 0.6 is 0 Å². The van der Waals surface area contributed by atoms with Crippen LogP contribution in [0.3, 0.4) is 0 Å². The maximum atomic E-state index is 13.5. The average molecular weight is 373 g/mol. The number of anilines is 3. The Labute approximate surface area is 156 Å². The molecule has 8 nitrogen and oxygen atoms in total. The summed E-state index contributed by atoms with van der Waals surface area (Å²) in [5.41, 5.74) is 8.35. The van der Waals surface area contributed by atoms with Crippen molar-refractivity contribution in [3.63, 3.8) is 0 Å². The van der Waals surface area contributed by atoms with Gasteiger partial charge in [-0.1, -0.05) is 6.92 Å². The van der Waals surface area contributed by atoms with Crippen LogP contribution in [-0.4, -0.2) is 37.3 Å². The highest BCUT2D eigenvalue weighted by Gasteiger charge is 2.15. The molecule has 0 aliphatic heterocycles. The van der Waals surface area contributed by atoms with Crippen molar-refractivity contribution < 1.29 is 9.50 Å². The van der Waals surface area contributed by atoms with E-state index >= 15 is 0 Å². The second-order valence-electron chi connectivity index (χ2n) is 6.23. The number of nitrogens with two attached hydrogens (primary N) is 1. The van der Waals surface area contributed by atoms with Crippen molar-refractivity contribution in [1.82, 2.24) is 19.5 Å². The Morgan fingerprint density at radius 1 is 1.30 bits per heavy atom. The van der Waals surface area contributed by atoms with Crippen LogP contribution in [0, 0.1) is 5.82 Å². The summed E-state index contributed by atoms with van der Waals surface area (Å²) in [6.07, 6.45) is 2.43. The lowest BCUT2D eigenvalue weighted by Gasteiger charge is -2.15. The van der Waals surface area contributed by atoms with E-state index in [0.29, 0.717) is 47.3 Å². The number of aliphatic hydroxyl groups excluding tert-OH is 1. The molecule has 5 N–H and O–H groups in total. The van der Waals surface area contributed by atoms with Crippen LogP contribution in [0.15, 0.2) is 24.5 Å². The molecule has 0 saturated heterocycles. The number of aromatic nitrogens is 4. The van der Waals surface area contributed by atoms with E-state index in [4.69, 9.17) is 5.73 Å². The molecule has 2 aromatic heterocycles. The predicted molar refractivity (Wildman–Crippen MR) is 104 cm³/mol. The van der Waals surface area contributed by atoms with Gasteiger partial charge in [0.1, 0.15) is 5.82 Å². The van der Waals surface area contributed by atoms with Crippen LogP contribution in [0.1, 0.15) is 25.8 Å². The van der Waals surface area contributed by atoms with E-state index in [-0.39, 0.29) is 18.5 Å². The highest BCUT2D eigenvalue weighted by Crippen LogP contribution is 2.23. The molecule has 3 rings (SSSR count). The zero-order chi connectivity index (χ0) is 19.4. The van der Waals surface area contributed by atoms with Crippen LogP contribution in [0.5, 0.6) is 0 Å². The molecule has 0 bridgehead atoms. The maximum Gasteiger partial charge on any atom is 0.227 e. The minimum Gasteiger partial charge on any atom is -0.398 e. The highest BCUT2D eigenvalue weighted by atomic mass is 19.1. The number of nitrogens with one attached hydrogen (secondary N) is 2. The first-order valence-corrected chi connectivity index (χ1v) is 8.93. The lowest BCUT2D eigenvalue weighted by Crippen LogP contribution is -2.24. The predicted octanol–water partition coefficient (Wildman–Crippen LogP) is 2.36. The van der Waals surface area contributed by atoms with Crippen molar-refractivity contribution in [2.45, 2.75) is 39.4 Å². The summed E-state index contributed by atoms with van der Waals surface area (Å²) in [6, 6.07) is 4.11. The number of benzene rings is 1. The number of halogens is 1.